The fraction of sp³-hybridized carbons (Fsp3) is 0.130. The van der Waals surface area contributed by atoms with Crippen molar-refractivity contribution in [3.8, 4) is 28.3 Å². The third kappa shape index (κ3) is 3.65. The second-order valence-corrected chi connectivity index (χ2v) is 6.62. The van der Waals surface area contributed by atoms with E-state index in [0.29, 0.717) is 0 Å². The van der Waals surface area contributed by atoms with E-state index in [1.54, 1.807) is 20.5 Å². The molecule has 0 aliphatic heterocycles. The molecule has 0 radical (unpaired) electrons. The van der Waals surface area contributed by atoms with Gasteiger partial charge in [0, 0.05) is 17.3 Å². The lowest BCUT2D eigenvalue weighted by atomic mass is 10.0. The lowest BCUT2D eigenvalue weighted by Gasteiger charge is -2.11. The minimum absolute atomic E-state index is 0.0119. The van der Waals surface area contributed by atoms with Crippen LogP contribution in [-0.2, 0) is 11.2 Å². The Morgan fingerprint density at radius 2 is 1.79 bits per heavy atom. The Morgan fingerprint density at radius 3 is 2.48 bits per heavy atom. The molecular weight excluding hydrogens is 368 g/mol. The van der Waals surface area contributed by atoms with E-state index in [1.807, 2.05) is 65.2 Å². The summed E-state index contributed by atoms with van der Waals surface area (Å²) in [4.78, 5) is 15.4. The SMILES string of the molecule is COc1ccc(-c2ccc3c(c2)ncn3-c2ccc(CC(=O)O)cc2)c(OC)c1. The van der Waals surface area contributed by atoms with E-state index in [2.05, 4.69) is 4.98 Å². The molecule has 146 valence electrons. The number of benzene rings is 3. The van der Waals surface area contributed by atoms with Gasteiger partial charge in [-0.25, -0.2) is 4.98 Å². The highest BCUT2D eigenvalue weighted by Gasteiger charge is 2.11. The van der Waals surface area contributed by atoms with Gasteiger partial charge in [-0.15, -0.1) is 0 Å². The maximum absolute atomic E-state index is 10.9. The van der Waals surface area contributed by atoms with Gasteiger partial charge in [0.25, 0.3) is 0 Å². The Bertz CT molecular complexity index is 1180. The first-order chi connectivity index (χ1) is 14.1. The van der Waals surface area contributed by atoms with Crippen molar-refractivity contribution in [2.24, 2.45) is 0 Å². The number of hydrogen-bond donors (Lipinski definition) is 1. The van der Waals surface area contributed by atoms with Crippen molar-refractivity contribution in [2.45, 2.75) is 6.42 Å². The van der Waals surface area contributed by atoms with Crippen LogP contribution in [0.25, 0.3) is 27.8 Å². The number of rotatable bonds is 6. The zero-order valence-corrected chi connectivity index (χ0v) is 16.1. The Labute approximate surface area is 168 Å². The molecule has 6 heteroatoms. The van der Waals surface area contributed by atoms with Gasteiger partial charge < -0.3 is 14.6 Å². The second-order valence-electron chi connectivity index (χ2n) is 6.62. The van der Waals surface area contributed by atoms with Crippen LogP contribution < -0.4 is 9.47 Å². The lowest BCUT2D eigenvalue weighted by Crippen LogP contribution is -2.00. The lowest BCUT2D eigenvalue weighted by molar-refractivity contribution is -0.136. The van der Waals surface area contributed by atoms with Crippen molar-refractivity contribution < 1.29 is 19.4 Å². The van der Waals surface area contributed by atoms with Crippen LogP contribution in [0.3, 0.4) is 0 Å². The molecule has 6 nitrogen and oxygen atoms in total. The van der Waals surface area contributed by atoms with E-state index in [-0.39, 0.29) is 6.42 Å². The number of hydrogen-bond acceptors (Lipinski definition) is 4. The van der Waals surface area contributed by atoms with E-state index >= 15 is 0 Å². The molecule has 0 saturated carbocycles. The number of fused-ring (bicyclic) bond motifs is 1. The summed E-state index contributed by atoms with van der Waals surface area (Å²) in [7, 11) is 3.26. The van der Waals surface area contributed by atoms with E-state index in [0.717, 1.165) is 44.9 Å². The topological polar surface area (TPSA) is 73.6 Å². The third-order valence-electron chi connectivity index (χ3n) is 4.84. The van der Waals surface area contributed by atoms with Crippen molar-refractivity contribution in [1.82, 2.24) is 9.55 Å². The van der Waals surface area contributed by atoms with Crippen LogP contribution in [0.5, 0.6) is 11.5 Å². The van der Waals surface area contributed by atoms with Gasteiger partial charge in [0.2, 0.25) is 0 Å². The molecule has 0 unspecified atom stereocenters. The van der Waals surface area contributed by atoms with Gasteiger partial charge in [-0.05, 0) is 47.5 Å². The smallest absolute Gasteiger partial charge is 0.307 e. The largest absolute Gasteiger partial charge is 0.497 e. The highest BCUT2D eigenvalue weighted by Crippen LogP contribution is 2.34. The molecule has 1 aromatic heterocycles. The molecule has 0 saturated heterocycles. The van der Waals surface area contributed by atoms with Gasteiger partial charge in [0.15, 0.2) is 0 Å². The van der Waals surface area contributed by atoms with Gasteiger partial charge in [-0.1, -0.05) is 18.2 Å². The molecule has 4 rings (SSSR count). The van der Waals surface area contributed by atoms with E-state index in [4.69, 9.17) is 14.6 Å². The van der Waals surface area contributed by atoms with E-state index in [9.17, 15) is 4.79 Å². The van der Waals surface area contributed by atoms with Crippen LogP contribution in [0.2, 0.25) is 0 Å². The second kappa shape index (κ2) is 7.67. The van der Waals surface area contributed by atoms with Crippen LogP contribution in [0.15, 0.2) is 67.0 Å². The van der Waals surface area contributed by atoms with Gasteiger partial charge >= 0.3 is 5.97 Å². The maximum atomic E-state index is 10.9. The van der Waals surface area contributed by atoms with Crippen LogP contribution in [0.4, 0.5) is 0 Å². The summed E-state index contributed by atoms with van der Waals surface area (Å²) in [6.07, 6.45) is 1.78. The summed E-state index contributed by atoms with van der Waals surface area (Å²) >= 11 is 0. The van der Waals surface area contributed by atoms with Gasteiger partial charge in [-0.3, -0.25) is 9.36 Å². The number of methoxy groups -OCH3 is 2. The average Bonchev–Trinajstić information content (AvgIpc) is 3.16. The molecule has 1 heterocycles. The number of nitrogens with zero attached hydrogens (tertiary/aromatic N) is 2. The molecule has 0 aliphatic carbocycles. The first kappa shape index (κ1) is 18.6. The molecule has 0 fully saturated rings. The highest BCUT2D eigenvalue weighted by molar-refractivity contribution is 5.85. The summed E-state index contributed by atoms with van der Waals surface area (Å²) in [6, 6.07) is 19.3. The summed E-state index contributed by atoms with van der Waals surface area (Å²) in [5, 5.41) is 8.92. The number of ether oxygens (including phenoxy) is 2. The Kier molecular flexibility index (Phi) is 4.91. The summed E-state index contributed by atoms with van der Waals surface area (Å²) in [6.45, 7) is 0. The molecule has 3 aromatic carbocycles. The van der Waals surface area contributed by atoms with Crippen molar-refractivity contribution in [2.75, 3.05) is 14.2 Å². The van der Waals surface area contributed by atoms with Crippen LogP contribution in [-0.4, -0.2) is 34.8 Å². The number of carboxylic acid groups (broad SMARTS) is 1. The molecule has 0 aliphatic rings. The monoisotopic (exact) mass is 388 g/mol. The zero-order valence-electron chi connectivity index (χ0n) is 16.1. The molecule has 0 spiro atoms. The van der Waals surface area contributed by atoms with Gasteiger partial charge in [0.05, 0.1) is 31.7 Å². The third-order valence-corrected chi connectivity index (χ3v) is 4.84. The molecule has 0 bridgehead atoms. The summed E-state index contributed by atoms with van der Waals surface area (Å²) < 4.78 is 12.8. The minimum Gasteiger partial charge on any atom is -0.497 e. The first-order valence-electron chi connectivity index (χ1n) is 9.09. The number of carboxylic acids is 1. The van der Waals surface area contributed by atoms with Crippen molar-refractivity contribution >= 4 is 17.0 Å². The summed E-state index contributed by atoms with van der Waals surface area (Å²) in [5.74, 6) is 0.631. The van der Waals surface area contributed by atoms with Gasteiger partial charge in [-0.2, -0.15) is 0 Å². The van der Waals surface area contributed by atoms with E-state index in [1.165, 1.54) is 0 Å². The van der Waals surface area contributed by atoms with Gasteiger partial charge in [0.1, 0.15) is 17.8 Å². The quantitative estimate of drug-likeness (QED) is 0.532. The maximum Gasteiger partial charge on any atom is 0.307 e. The number of aliphatic carboxylic acids is 1. The van der Waals surface area contributed by atoms with Crippen LogP contribution >= 0.6 is 0 Å². The van der Waals surface area contributed by atoms with Crippen molar-refractivity contribution in [1.29, 1.82) is 0 Å². The normalized spacial score (nSPS) is 10.8. The summed E-state index contributed by atoms with van der Waals surface area (Å²) in [5.41, 5.74) is 5.47. The average molecular weight is 388 g/mol. The minimum atomic E-state index is -0.840. The fourth-order valence-electron chi connectivity index (χ4n) is 3.37. The first-order valence-corrected chi connectivity index (χ1v) is 9.09. The van der Waals surface area contributed by atoms with Crippen LogP contribution in [0.1, 0.15) is 5.56 Å². The number of carbonyl (C=O) groups is 1. The molecule has 1 N–H and O–H groups in total. The van der Waals surface area contributed by atoms with Crippen molar-refractivity contribution in [3.63, 3.8) is 0 Å². The van der Waals surface area contributed by atoms with Crippen LogP contribution in [0, 0.1) is 0 Å². The molecule has 0 atom stereocenters. The Morgan fingerprint density at radius 1 is 1.00 bits per heavy atom. The molecule has 4 aromatic rings. The standard InChI is InChI=1S/C23H20N2O4/c1-28-18-8-9-19(22(13-18)29-2)16-5-10-21-20(12-16)24-14-25(21)17-6-3-15(4-7-17)11-23(26)27/h3-10,12-14H,11H2,1-2H3,(H,26,27). The molecule has 0 amide bonds. The molecular formula is C23H20N2O4. The number of imidazole rings is 1. The highest BCUT2D eigenvalue weighted by atomic mass is 16.5. The van der Waals surface area contributed by atoms with Crippen molar-refractivity contribution in [3.05, 3.63) is 72.6 Å². The Hall–Kier alpha value is -3.80. The Balaban J connectivity index is 1.70. The predicted molar refractivity (Wildman–Crippen MR) is 111 cm³/mol. The fourth-order valence-corrected chi connectivity index (χ4v) is 3.37. The zero-order chi connectivity index (χ0) is 20.4. The predicted octanol–water partition coefficient (Wildman–Crippen LogP) is 4.34. The molecule has 29 heavy (non-hydrogen) atoms. The number of aromatic nitrogens is 2. The van der Waals surface area contributed by atoms with E-state index < -0.39 is 5.97 Å².